The maximum atomic E-state index is 13.6. The minimum atomic E-state index is -0.269. The highest BCUT2D eigenvalue weighted by atomic mass is 19.1. The van der Waals surface area contributed by atoms with Gasteiger partial charge in [-0.1, -0.05) is 18.2 Å². The fraction of sp³-hybridized carbons (Fsp3) is 0.562. The summed E-state index contributed by atoms with van der Waals surface area (Å²) < 4.78 is 13.6. The first-order chi connectivity index (χ1) is 10.0. The van der Waals surface area contributed by atoms with Gasteiger partial charge in [-0.2, -0.15) is 0 Å². The summed E-state index contributed by atoms with van der Waals surface area (Å²) >= 11 is 0. The van der Waals surface area contributed by atoms with Crippen LogP contribution >= 0.6 is 0 Å². The molecule has 1 aromatic carbocycles. The summed E-state index contributed by atoms with van der Waals surface area (Å²) in [5.74, 6) is 0.224. The summed E-state index contributed by atoms with van der Waals surface area (Å²) in [7, 11) is 1.72. The minimum Gasteiger partial charge on any atom is -0.340 e. The van der Waals surface area contributed by atoms with E-state index in [0.717, 1.165) is 13.0 Å². The van der Waals surface area contributed by atoms with Gasteiger partial charge in [0.15, 0.2) is 0 Å². The SMILES string of the molecule is CC1CC(CN)CN1CC(=O)N(C)Cc1ccccc1F. The fourth-order valence-corrected chi connectivity index (χ4v) is 2.87. The molecule has 5 heteroatoms. The van der Waals surface area contributed by atoms with E-state index in [4.69, 9.17) is 5.73 Å². The molecule has 116 valence electrons. The number of nitrogens with zero attached hydrogens (tertiary/aromatic N) is 2. The Kier molecular flexibility index (Phi) is 5.31. The Hall–Kier alpha value is -1.46. The van der Waals surface area contributed by atoms with Crippen molar-refractivity contribution in [1.82, 2.24) is 9.80 Å². The van der Waals surface area contributed by atoms with Gasteiger partial charge in [-0.15, -0.1) is 0 Å². The zero-order valence-electron chi connectivity index (χ0n) is 12.8. The molecule has 1 amide bonds. The van der Waals surface area contributed by atoms with Crippen molar-refractivity contribution in [3.63, 3.8) is 0 Å². The molecule has 1 aromatic rings. The molecule has 2 rings (SSSR count). The van der Waals surface area contributed by atoms with Gasteiger partial charge >= 0.3 is 0 Å². The van der Waals surface area contributed by atoms with Gasteiger partial charge in [0.1, 0.15) is 5.82 Å². The monoisotopic (exact) mass is 293 g/mol. The Morgan fingerprint density at radius 3 is 2.81 bits per heavy atom. The van der Waals surface area contributed by atoms with Gasteiger partial charge in [-0.05, 0) is 31.9 Å². The number of likely N-dealkylation sites (N-methyl/N-ethyl adjacent to an activating group) is 1. The normalized spacial score (nSPS) is 22.5. The first-order valence-corrected chi connectivity index (χ1v) is 7.42. The highest BCUT2D eigenvalue weighted by Gasteiger charge is 2.30. The zero-order chi connectivity index (χ0) is 15.4. The van der Waals surface area contributed by atoms with E-state index in [9.17, 15) is 9.18 Å². The van der Waals surface area contributed by atoms with E-state index in [0.29, 0.717) is 37.2 Å². The predicted octanol–water partition coefficient (Wildman–Crippen LogP) is 1.45. The largest absolute Gasteiger partial charge is 0.340 e. The zero-order valence-corrected chi connectivity index (χ0v) is 12.8. The summed E-state index contributed by atoms with van der Waals surface area (Å²) in [6.45, 7) is 4.34. The lowest BCUT2D eigenvalue weighted by Crippen LogP contribution is -2.40. The smallest absolute Gasteiger partial charge is 0.236 e. The summed E-state index contributed by atoms with van der Waals surface area (Å²) in [6, 6.07) is 6.94. The molecule has 0 aromatic heterocycles. The lowest BCUT2D eigenvalue weighted by atomic mass is 10.1. The maximum absolute atomic E-state index is 13.6. The summed E-state index contributed by atoms with van der Waals surface area (Å²) in [5, 5.41) is 0. The van der Waals surface area contributed by atoms with Gasteiger partial charge in [-0.25, -0.2) is 4.39 Å². The highest BCUT2D eigenvalue weighted by Crippen LogP contribution is 2.21. The summed E-state index contributed by atoms with van der Waals surface area (Å²) in [6.07, 6.45) is 1.04. The molecule has 0 radical (unpaired) electrons. The van der Waals surface area contributed by atoms with Crippen LogP contribution < -0.4 is 5.73 Å². The van der Waals surface area contributed by atoms with Crippen LogP contribution in [0.15, 0.2) is 24.3 Å². The number of carbonyl (C=O) groups is 1. The van der Waals surface area contributed by atoms with E-state index in [2.05, 4.69) is 11.8 Å². The van der Waals surface area contributed by atoms with E-state index < -0.39 is 0 Å². The quantitative estimate of drug-likeness (QED) is 0.894. The van der Waals surface area contributed by atoms with Crippen LogP contribution in [0.25, 0.3) is 0 Å². The van der Waals surface area contributed by atoms with Gasteiger partial charge in [-0.3, -0.25) is 9.69 Å². The Morgan fingerprint density at radius 1 is 1.48 bits per heavy atom. The van der Waals surface area contributed by atoms with Crippen LogP contribution in [-0.2, 0) is 11.3 Å². The molecule has 0 bridgehead atoms. The summed E-state index contributed by atoms with van der Waals surface area (Å²) in [4.78, 5) is 16.0. The second kappa shape index (κ2) is 7.00. The molecule has 1 aliphatic rings. The Balaban J connectivity index is 1.90. The molecule has 1 heterocycles. The second-order valence-corrected chi connectivity index (χ2v) is 5.96. The van der Waals surface area contributed by atoms with Gasteiger partial charge in [0.25, 0.3) is 0 Å². The molecule has 2 unspecified atom stereocenters. The van der Waals surface area contributed by atoms with Crippen LogP contribution in [0.1, 0.15) is 18.9 Å². The number of hydrogen-bond acceptors (Lipinski definition) is 3. The van der Waals surface area contributed by atoms with E-state index in [1.54, 1.807) is 30.1 Å². The molecule has 21 heavy (non-hydrogen) atoms. The molecular weight excluding hydrogens is 269 g/mol. The van der Waals surface area contributed by atoms with Crippen molar-refractivity contribution in [3.05, 3.63) is 35.6 Å². The summed E-state index contributed by atoms with van der Waals surface area (Å²) in [5.41, 5.74) is 6.25. The number of carbonyl (C=O) groups excluding carboxylic acids is 1. The topological polar surface area (TPSA) is 49.6 Å². The van der Waals surface area contributed by atoms with Crippen molar-refractivity contribution in [2.45, 2.75) is 25.9 Å². The highest BCUT2D eigenvalue weighted by molar-refractivity contribution is 5.78. The van der Waals surface area contributed by atoms with Crippen molar-refractivity contribution in [1.29, 1.82) is 0 Å². The van der Waals surface area contributed by atoms with Crippen molar-refractivity contribution in [3.8, 4) is 0 Å². The lowest BCUT2D eigenvalue weighted by molar-refractivity contribution is -0.131. The van der Waals surface area contributed by atoms with Crippen LogP contribution in [0.3, 0.4) is 0 Å². The van der Waals surface area contributed by atoms with E-state index >= 15 is 0 Å². The average molecular weight is 293 g/mol. The molecule has 4 nitrogen and oxygen atoms in total. The Bertz CT molecular complexity index is 494. The fourth-order valence-electron chi connectivity index (χ4n) is 2.87. The molecule has 1 fully saturated rings. The number of nitrogens with two attached hydrogens (primary N) is 1. The van der Waals surface area contributed by atoms with E-state index in [1.807, 2.05) is 0 Å². The van der Waals surface area contributed by atoms with Crippen LogP contribution in [0.2, 0.25) is 0 Å². The molecule has 0 saturated carbocycles. The maximum Gasteiger partial charge on any atom is 0.236 e. The van der Waals surface area contributed by atoms with Crippen molar-refractivity contribution in [2.75, 3.05) is 26.7 Å². The number of hydrogen-bond donors (Lipinski definition) is 1. The van der Waals surface area contributed by atoms with E-state index in [1.165, 1.54) is 6.07 Å². The van der Waals surface area contributed by atoms with Crippen molar-refractivity contribution in [2.24, 2.45) is 11.7 Å². The molecule has 1 aliphatic heterocycles. The van der Waals surface area contributed by atoms with Crippen LogP contribution in [0, 0.1) is 11.7 Å². The number of benzene rings is 1. The number of likely N-dealkylation sites (tertiary alicyclic amines) is 1. The van der Waals surface area contributed by atoms with Crippen LogP contribution in [-0.4, -0.2) is 48.4 Å². The first kappa shape index (κ1) is 15.9. The van der Waals surface area contributed by atoms with Gasteiger partial charge < -0.3 is 10.6 Å². The van der Waals surface area contributed by atoms with Gasteiger partial charge in [0.05, 0.1) is 6.54 Å². The molecule has 2 N–H and O–H groups in total. The number of amides is 1. The molecule has 2 atom stereocenters. The van der Waals surface area contributed by atoms with Gasteiger partial charge in [0.2, 0.25) is 5.91 Å². The third-order valence-electron chi connectivity index (χ3n) is 4.25. The second-order valence-electron chi connectivity index (χ2n) is 5.96. The predicted molar refractivity (Wildman–Crippen MR) is 81.1 cm³/mol. The lowest BCUT2D eigenvalue weighted by Gasteiger charge is -2.24. The molecule has 0 aliphatic carbocycles. The average Bonchev–Trinajstić information content (AvgIpc) is 2.82. The Morgan fingerprint density at radius 2 is 2.19 bits per heavy atom. The minimum absolute atomic E-state index is 0.0165. The first-order valence-electron chi connectivity index (χ1n) is 7.42. The molecule has 0 spiro atoms. The Labute approximate surface area is 125 Å². The molecular formula is C16H24FN3O. The number of rotatable bonds is 5. The van der Waals surface area contributed by atoms with Crippen molar-refractivity contribution >= 4 is 5.91 Å². The van der Waals surface area contributed by atoms with Gasteiger partial charge in [0, 0.05) is 31.7 Å². The van der Waals surface area contributed by atoms with Crippen LogP contribution in [0.5, 0.6) is 0 Å². The van der Waals surface area contributed by atoms with E-state index in [-0.39, 0.29) is 11.7 Å². The van der Waals surface area contributed by atoms with Crippen molar-refractivity contribution < 1.29 is 9.18 Å². The third kappa shape index (κ3) is 4.02. The number of halogens is 1. The molecule has 1 saturated heterocycles. The van der Waals surface area contributed by atoms with Crippen LogP contribution in [0.4, 0.5) is 4.39 Å². The standard InChI is InChI=1S/C16H24FN3O/c1-12-7-13(8-18)9-20(12)11-16(21)19(2)10-14-5-3-4-6-15(14)17/h3-6,12-13H,7-11,18H2,1-2H3. The third-order valence-corrected chi connectivity index (χ3v) is 4.25.